The standard InChI is InChI=1S/C13H19NO2/c1-14-6-5-13(16)11(9-14)7-10-3-2-4-12(15)8-10/h2-4,8,11,13,15-16H,5-7,9H2,1H3. The summed E-state index contributed by atoms with van der Waals surface area (Å²) >= 11 is 0. The minimum absolute atomic E-state index is 0.210. The van der Waals surface area contributed by atoms with Crippen molar-refractivity contribution >= 4 is 0 Å². The molecule has 1 aliphatic heterocycles. The van der Waals surface area contributed by atoms with Gasteiger partial charge in [-0.1, -0.05) is 12.1 Å². The van der Waals surface area contributed by atoms with Crippen LogP contribution in [0.2, 0.25) is 0 Å². The number of aliphatic hydroxyl groups is 1. The molecule has 88 valence electrons. The Balaban J connectivity index is 2.02. The zero-order valence-corrected chi connectivity index (χ0v) is 9.63. The van der Waals surface area contributed by atoms with Gasteiger partial charge in [0, 0.05) is 19.0 Å². The average molecular weight is 221 g/mol. The molecule has 0 radical (unpaired) electrons. The second-order valence-corrected chi connectivity index (χ2v) is 4.75. The van der Waals surface area contributed by atoms with Crippen molar-refractivity contribution in [3.63, 3.8) is 0 Å². The van der Waals surface area contributed by atoms with Crippen LogP contribution in [0.3, 0.4) is 0 Å². The number of piperidine rings is 1. The maximum absolute atomic E-state index is 9.93. The Bertz CT molecular complexity index is 354. The first-order chi connectivity index (χ1) is 7.65. The fourth-order valence-corrected chi connectivity index (χ4v) is 2.39. The molecule has 0 saturated carbocycles. The van der Waals surface area contributed by atoms with Crippen molar-refractivity contribution < 1.29 is 10.2 Å². The molecule has 1 fully saturated rings. The third-order valence-corrected chi connectivity index (χ3v) is 3.31. The second kappa shape index (κ2) is 4.85. The molecule has 2 N–H and O–H groups in total. The van der Waals surface area contributed by atoms with Crippen molar-refractivity contribution in [2.24, 2.45) is 5.92 Å². The molecule has 1 aromatic carbocycles. The molecule has 1 saturated heterocycles. The molecule has 0 bridgehead atoms. The van der Waals surface area contributed by atoms with Crippen molar-refractivity contribution in [1.82, 2.24) is 4.90 Å². The predicted octanol–water partition coefficient (Wildman–Crippen LogP) is 1.25. The fraction of sp³-hybridized carbons (Fsp3) is 0.538. The fourth-order valence-electron chi connectivity index (χ4n) is 2.39. The Kier molecular flexibility index (Phi) is 3.46. The van der Waals surface area contributed by atoms with Crippen LogP contribution in [0.5, 0.6) is 5.75 Å². The maximum Gasteiger partial charge on any atom is 0.115 e. The molecule has 0 aliphatic carbocycles. The minimum Gasteiger partial charge on any atom is -0.508 e. The van der Waals surface area contributed by atoms with Gasteiger partial charge in [0.25, 0.3) is 0 Å². The lowest BCUT2D eigenvalue weighted by Crippen LogP contribution is -2.41. The number of phenols is 1. The van der Waals surface area contributed by atoms with E-state index in [1.807, 2.05) is 12.1 Å². The number of aliphatic hydroxyl groups excluding tert-OH is 1. The summed E-state index contributed by atoms with van der Waals surface area (Å²) in [5, 5.41) is 19.3. The van der Waals surface area contributed by atoms with Crippen molar-refractivity contribution in [3.05, 3.63) is 29.8 Å². The predicted molar refractivity (Wildman–Crippen MR) is 63.4 cm³/mol. The van der Waals surface area contributed by atoms with Gasteiger partial charge < -0.3 is 15.1 Å². The van der Waals surface area contributed by atoms with Gasteiger partial charge >= 0.3 is 0 Å². The van der Waals surface area contributed by atoms with Crippen molar-refractivity contribution in [1.29, 1.82) is 0 Å². The number of nitrogens with zero attached hydrogens (tertiary/aromatic N) is 1. The van der Waals surface area contributed by atoms with Gasteiger partial charge in [0.15, 0.2) is 0 Å². The highest BCUT2D eigenvalue weighted by Crippen LogP contribution is 2.22. The van der Waals surface area contributed by atoms with Crippen LogP contribution in [0.1, 0.15) is 12.0 Å². The van der Waals surface area contributed by atoms with E-state index >= 15 is 0 Å². The zero-order valence-electron chi connectivity index (χ0n) is 9.63. The van der Waals surface area contributed by atoms with Gasteiger partial charge in [-0.2, -0.15) is 0 Å². The van der Waals surface area contributed by atoms with Gasteiger partial charge in [0.1, 0.15) is 5.75 Å². The molecule has 3 nitrogen and oxygen atoms in total. The Hall–Kier alpha value is -1.06. The van der Waals surface area contributed by atoms with E-state index in [9.17, 15) is 10.2 Å². The molecule has 3 heteroatoms. The van der Waals surface area contributed by atoms with E-state index in [0.29, 0.717) is 5.75 Å². The normalized spacial score (nSPS) is 26.9. The summed E-state index contributed by atoms with van der Waals surface area (Å²) in [6.07, 6.45) is 1.47. The summed E-state index contributed by atoms with van der Waals surface area (Å²) in [4.78, 5) is 2.25. The Morgan fingerprint density at radius 2 is 2.25 bits per heavy atom. The number of aromatic hydroxyl groups is 1. The summed E-state index contributed by atoms with van der Waals surface area (Å²) in [5.41, 5.74) is 1.10. The van der Waals surface area contributed by atoms with Crippen LogP contribution in [0.15, 0.2) is 24.3 Å². The van der Waals surface area contributed by atoms with Gasteiger partial charge in [-0.05, 0) is 37.6 Å². The summed E-state index contributed by atoms with van der Waals surface area (Å²) in [7, 11) is 2.08. The second-order valence-electron chi connectivity index (χ2n) is 4.75. The third kappa shape index (κ3) is 2.74. The number of likely N-dealkylation sites (tertiary alicyclic amines) is 1. The molecule has 2 rings (SSSR count). The number of hydrogen-bond acceptors (Lipinski definition) is 3. The van der Waals surface area contributed by atoms with E-state index in [0.717, 1.165) is 31.5 Å². The Morgan fingerprint density at radius 3 is 3.00 bits per heavy atom. The summed E-state index contributed by atoms with van der Waals surface area (Å²) < 4.78 is 0. The molecule has 1 aromatic rings. The smallest absolute Gasteiger partial charge is 0.115 e. The van der Waals surface area contributed by atoms with E-state index in [1.54, 1.807) is 12.1 Å². The van der Waals surface area contributed by atoms with Crippen LogP contribution in [0, 0.1) is 5.92 Å². The van der Waals surface area contributed by atoms with Gasteiger partial charge in [-0.3, -0.25) is 0 Å². The maximum atomic E-state index is 9.93. The lowest BCUT2D eigenvalue weighted by Gasteiger charge is -2.34. The van der Waals surface area contributed by atoms with Crippen molar-refractivity contribution in [2.45, 2.75) is 18.9 Å². The third-order valence-electron chi connectivity index (χ3n) is 3.31. The Morgan fingerprint density at radius 1 is 1.44 bits per heavy atom. The monoisotopic (exact) mass is 221 g/mol. The van der Waals surface area contributed by atoms with Crippen LogP contribution < -0.4 is 0 Å². The van der Waals surface area contributed by atoms with E-state index in [-0.39, 0.29) is 12.0 Å². The molecule has 0 aromatic heterocycles. The van der Waals surface area contributed by atoms with Crippen LogP contribution in [0.4, 0.5) is 0 Å². The first-order valence-corrected chi connectivity index (χ1v) is 5.79. The molecule has 2 atom stereocenters. The molecule has 2 unspecified atom stereocenters. The van der Waals surface area contributed by atoms with E-state index < -0.39 is 0 Å². The number of rotatable bonds is 2. The molecule has 1 aliphatic rings. The molecule has 0 amide bonds. The van der Waals surface area contributed by atoms with E-state index in [4.69, 9.17) is 0 Å². The van der Waals surface area contributed by atoms with Gasteiger partial charge in [0.05, 0.1) is 6.10 Å². The van der Waals surface area contributed by atoms with Crippen LogP contribution in [0.25, 0.3) is 0 Å². The van der Waals surface area contributed by atoms with Crippen LogP contribution >= 0.6 is 0 Å². The number of benzene rings is 1. The lowest BCUT2D eigenvalue weighted by molar-refractivity contribution is 0.0366. The van der Waals surface area contributed by atoms with Gasteiger partial charge in [-0.15, -0.1) is 0 Å². The van der Waals surface area contributed by atoms with Crippen LogP contribution in [-0.4, -0.2) is 41.4 Å². The molecule has 0 spiro atoms. The largest absolute Gasteiger partial charge is 0.508 e. The first kappa shape index (κ1) is 11.4. The summed E-state index contributed by atoms with van der Waals surface area (Å²) in [6.45, 7) is 1.90. The van der Waals surface area contributed by atoms with E-state index in [1.165, 1.54) is 0 Å². The highest BCUT2D eigenvalue weighted by atomic mass is 16.3. The summed E-state index contributed by atoms with van der Waals surface area (Å²) in [5.74, 6) is 0.580. The number of hydrogen-bond donors (Lipinski definition) is 2. The number of phenolic OH excluding ortho intramolecular Hbond substituents is 1. The molecular weight excluding hydrogens is 202 g/mol. The molecular formula is C13H19NO2. The average Bonchev–Trinajstić information content (AvgIpc) is 2.24. The molecule has 1 heterocycles. The van der Waals surface area contributed by atoms with Crippen molar-refractivity contribution in [3.8, 4) is 5.75 Å². The summed E-state index contributed by atoms with van der Waals surface area (Å²) in [6, 6.07) is 7.30. The van der Waals surface area contributed by atoms with Gasteiger partial charge in [-0.25, -0.2) is 0 Å². The highest BCUT2D eigenvalue weighted by Gasteiger charge is 2.25. The molecule has 16 heavy (non-hydrogen) atoms. The van der Waals surface area contributed by atoms with Crippen LogP contribution in [-0.2, 0) is 6.42 Å². The topological polar surface area (TPSA) is 43.7 Å². The van der Waals surface area contributed by atoms with Gasteiger partial charge in [0.2, 0.25) is 0 Å². The zero-order chi connectivity index (χ0) is 11.5. The van der Waals surface area contributed by atoms with Crippen molar-refractivity contribution in [2.75, 3.05) is 20.1 Å². The quantitative estimate of drug-likeness (QED) is 0.790. The first-order valence-electron chi connectivity index (χ1n) is 5.79. The van der Waals surface area contributed by atoms with E-state index in [2.05, 4.69) is 11.9 Å². The lowest BCUT2D eigenvalue weighted by atomic mass is 9.89. The SMILES string of the molecule is CN1CCC(O)C(Cc2cccc(O)c2)C1. The minimum atomic E-state index is -0.210. The Labute approximate surface area is 96.3 Å². The highest BCUT2D eigenvalue weighted by molar-refractivity contribution is 5.27.